The number of amides is 1. The highest BCUT2D eigenvalue weighted by Crippen LogP contribution is 2.43. The maximum atomic E-state index is 12.6. The second-order valence-corrected chi connectivity index (χ2v) is 6.51. The van der Waals surface area contributed by atoms with Crippen LogP contribution in [0.3, 0.4) is 0 Å². The maximum Gasteiger partial charge on any atom is 0.258 e. The molecule has 1 amide bonds. The van der Waals surface area contributed by atoms with Gasteiger partial charge in [-0.25, -0.2) is 4.98 Å². The van der Waals surface area contributed by atoms with Crippen molar-refractivity contribution in [2.45, 2.75) is 26.7 Å². The minimum Gasteiger partial charge on any atom is -0.352 e. The lowest BCUT2D eigenvalue weighted by Crippen LogP contribution is -2.31. The van der Waals surface area contributed by atoms with Crippen molar-refractivity contribution in [2.75, 3.05) is 6.54 Å². The summed E-state index contributed by atoms with van der Waals surface area (Å²) in [5.41, 5.74) is 2.51. The van der Waals surface area contributed by atoms with E-state index in [-0.39, 0.29) is 5.91 Å². The first-order chi connectivity index (χ1) is 10.6. The summed E-state index contributed by atoms with van der Waals surface area (Å²) >= 11 is 0. The second kappa shape index (κ2) is 4.93. The molecule has 0 saturated heterocycles. The standard InChI is InChI=1S/C17H19N3O2/c1-9-5-14(15-10(2)20-22-17(15)19-9)16(21)18-8-13-7-11-3-4-12(13)6-11/h3-5,11-13H,6-8H2,1-2H3,(H,18,21)/t11-,12-,13-/m1/s1. The number of carbonyl (C=O) groups is 1. The van der Waals surface area contributed by atoms with Crippen molar-refractivity contribution < 1.29 is 9.32 Å². The Bertz CT molecular complexity index is 778. The number of carbonyl (C=O) groups excluding carboxylic acids is 1. The molecule has 1 fully saturated rings. The molecule has 0 aromatic carbocycles. The summed E-state index contributed by atoms with van der Waals surface area (Å²) in [7, 11) is 0. The van der Waals surface area contributed by atoms with Gasteiger partial charge in [0.1, 0.15) is 0 Å². The van der Waals surface area contributed by atoms with E-state index in [0.717, 1.165) is 23.5 Å². The quantitative estimate of drug-likeness (QED) is 0.885. The van der Waals surface area contributed by atoms with Gasteiger partial charge in [0.05, 0.1) is 16.6 Å². The summed E-state index contributed by atoms with van der Waals surface area (Å²) in [6, 6.07) is 1.81. The Labute approximate surface area is 128 Å². The van der Waals surface area contributed by atoms with Gasteiger partial charge in [0.25, 0.3) is 11.6 Å². The first-order valence-electron chi connectivity index (χ1n) is 7.82. The SMILES string of the molecule is Cc1cc(C(=O)NC[C@H]2C[C@@H]3C=C[C@@H]2C3)c2c(C)noc2n1. The van der Waals surface area contributed by atoms with Crippen molar-refractivity contribution >= 4 is 17.0 Å². The summed E-state index contributed by atoms with van der Waals surface area (Å²) in [6.45, 7) is 4.42. The number of aryl methyl sites for hydroxylation is 2. The minimum atomic E-state index is -0.0615. The van der Waals surface area contributed by atoms with Crippen molar-refractivity contribution in [3.8, 4) is 0 Å². The molecule has 2 aliphatic rings. The van der Waals surface area contributed by atoms with E-state index in [1.165, 1.54) is 12.8 Å². The van der Waals surface area contributed by atoms with Gasteiger partial charge in [-0.15, -0.1) is 0 Å². The van der Waals surface area contributed by atoms with Crippen LogP contribution in [-0.2, 0) is 0 Å². The molecule has 3 atom stereocenters. The lowest BCUT2D eigenvalue weighted by molar-refractivity contribution is 0.0946. The molecule has 1 saturated carbocycles. The van der Waals surface area contributed by atoms with E-state index in [1.807, 2.05) is 19.9 Å². The number of aromatic nitrogens is 2. The Morgan fingerprint density at radius 3 is 2.95 bits per heavy atom. The summed E-state index contributed by atoms with van der Waals surface area (Å²) in [5, 5.41) is 7.73. The van der Waals surface area contributed by atoms with Crippen LogP contribution in [0.15, 0.2) is 22.7 Å². The molecule has 5 heteroatoms. The van der Waals surface area contributed by atoms with Crippen LogP contribution in [0.25, 0.3) is 11.1 Å². The van der Waals surface area contributed by atoms with Crippen molar-refractivity contribution in [2.24, 2.45) is 17.8 Å². The highest BCUT2D eigenvalue weighted by atomic mass is 16.5. The molecule has 5 nitrogen and oxygen atoms in total. The lowest BCUT2D eigenvalue weighted by Gasteiger charge is -2.18. The highest BCUT2D eigenvalue weighted by molar-refractivity contribution is 6.06. The Kier molecular flexibility index (Phi) is 3.03. The van der Waals surface area contributed by atoms with Crippen LogP contribution >= 0.6 is 0 Å². The van der Waals surface area contributed by atoms with Crippen molar-refractivity contribution in [3.63, 3.8) is 0 Å². The molecule has 22 heavy (non-hydrogen) atoms. The molecular weight excluding hydrogens is 278 g/mol. The van der Waals surface area contributed by atoms with Crippen LogP contribution in [-0.4, -0.2) is 22.6 Å². The molecule has 2 heterocycles. The number of hydrogen-bond acceptors (Lipinski definition) is 4. The molecule has 2 aromatic rings. The van der Waals surface area contributed by atoms with Gasteiger partial charge in [-0.3, -0.25) is 4.79 Å². The molecule has 0 unspecified atom stereocenters. The number of fused-ring (bicyclic) bond motifs is 3. The third-order valence-corrected chi connectivity index (χ3v) is 4.93. The van der Waals surface area contributed by atoms with E-state index in [4.69, 9.17) is 4.52 Å². The van der Waals surface area contributed by atoms with Gasteiger partial charge < -0.3 is 9.84 Å². The van der Waals surface area contributed by atoms with Gasteiger partial charge in [-0.05, 0) is 50.5 Å². The number of hydrogen-bond donors (Lipinski definition) is 1. The van der Waals surface area contributed by atoms with E-state index < -0.39 is 0 Å². The summed E-state index contributed by atoms with van der Waals surface area (Å²) in [6.07, 6.45) is 7.08. The summed E-state index contributed by atoms with van der Waals surface area (Å²) in [4.78, 5) is 16.9. The normalized spacial score (nSPS) is 26.0. The number of pyridine rings is 1. The lowest BCUT2D eigenvalue weighted by atomic mass is 9.93. The zero-order valence-corrected chi connectivity index (χ0v) is 12.8. The number of nitrogens with one attached hydrogen (secondary N) is 1. The van der Waals surface area contributed by atoms with Crippen LogP contribution in [0.5, 0.6) is 0 Å². The van der Waals surface area contributed by atoms with Gasteiger partial charge >= 0.3 is 0 Å². The zero-order valence-electron chi connectivity index (χ0n) is 12.8. The fraction of sp³-hybridized carbons (Fsp3) is 0.471. The topological polar surface area (TPSA) is 68.0 Å². The fourth-order valence-electron chi connectivity index (χ4n) is 3.85. The number of rotatable bonds is 3. The van der Waals surface area contributed by atoms with E-state index in [9.17, 15) is 4.79 Å². The molecule has 2 aromatic heterocycles. The largest absolute Gasteiger partial charge is 0.352 e. The smallest absolute Gasteiger partial charge is 0.258 e. The fourth-order valence-corrected chi connectivity index (χ4v) is 3.85. The predicted molar refractivity (Wildman–Crippen MR) is 82.5 cm³/mol. The number of nitrogens with zero attached hydrogens (tertiary/aromatic N) is 2. The van der Waals surface area contributed by atoms with Crippen LogP contribution in [0.1, 0.15) is 34.6 Å². The van der Waals surface area contributed by atoms with E-state index >= 15 is 0 Å². The second-order valence-electron chi connectivity index (χ2n) is 6.51. The van der Waals surface area contributed by atoms with Gasteiger partial charge in [-0.1, -0.05) is 17.3 Å². The third kappa shape index (κ3) is 2.12. The minimum absolute atomic E-state index is 0.0615. The van der Waals surface area contributed by atoms with E-state index in [1.54, 1.807) is 0 Å². The van der Waals surface area contributed by atoms with Gasteiger partial charge in [0.15, 0.2) is 0 Å². The van der Waals surface area contributed by atoms with E-state index in [0.29, 0.717) is 28.8 Å². The van der Waals surface area contributed by atoms with Gasteiger partial charge in [0, 0.05) is 12.2 Å². The first-order valence-corrected chi connectivity index (χ1v) is 7.82. The third-order valence-electron chi connectivity index (χ3n) is 4.93. The highest BCUT2D eigenvalue weighted by Gasteiger charge is 2.35. The molecule has 2 bridgehead atoms. The van der Waals surface area contributed by atoms with Crippen LogP contribution in [0, 0.1) is 31.6 Å². The van der Waals surface area contributed by atoms with E-state index in [2.05, 4.69) is 27.6 Å². The Hall–Kier alpha value is -2.17. The predicted octanol–water partition coefficient (Wildman–Crippen LogP) is 2.78. The van der Waals surface area contributed by atoms with Crippen molar-refractivity contribution in [1.29, 1.82) is 0 Å². The Balaban J connectivity index is 1.55. The van der Waals surface area contributed by atoms with Gasteiger partial charge in [0.2, 0.25) is 0 Å². The average Bonchev–Trinajstić information content (AvgIpc) is 3.20. The summed E-state index contributed by atoms with van der Waals surface area (Å²) in [5.74, 6) is 1.87. The first kappa shape index (κ1) is 13.5. The molecule has 0 radical (unpaired) electrons. The monoisotopic (exact) mass is 297 g/mol. The zero-order chi connectivity index (χ0) is 15.3. The van der Waals surface area contributed by atoms with Gasteiger partial charge in [-0.2, -0.15) is 0 Å². The summed E-state index contributed by atoms with van der Waals surface area (Å²) < 4.78 is 5.19. The van der Waals surface area contributed by atoms with Crippen molar-refractivity contribution in [3.05, 3.63) is 35.2 Å². The maximum absolute atomic E-state index is 12.6. The average molecular weight is 297 g/mol. The molecular formula is C17H19N3O2. The van der Waals surface area contributed by atoms with Crippen LogP contribution in [0.4, 0.5) is 0 Å². The Morgan fingerprint density at radius 1 is 1.36 bits per heavy atom. The molecule has 0 aliphatic heterocycles. The Morgan fingerprint density at radius 2 is 2.23 bits per heavy atom. The molecule has 1 N–H and O–H groups in total. The van der Waals surface area contributed by atoms with Crippen molar-refractivity contribution in [1.82, 2.24) is 15.5 Å². The molecule has 0 spiro atoms. The number of allylic oxidation sites excluding steroid dienone is 2. The molecule has 114 valence electrons. The molecule has 2 aliphatic carbocycles. The molecule has 4 rings (SSSR count). The van der Waals surface area contributed by atoms with Crippen LogP contribution in [0.2, 0.25) is 0 Å². The van der Waals surface area contributed by atoms with Crippen LogP contribution < -0.4 is 5.32 Å².